The van der Waals surface area contributed by atoms with Gasteiger partial charge in [-0.2, -0.15) is 0 Å². The zero-order valence-corrected chi connectivity index (χ0v) is 27.9. The summed E-state index contributed by atoms with van der Waals surface area (Å²) in [6.45, 7) is 18.8. The lowest BCUT2D eigenvalue weighted by Crippen LogP contribution is -2.51. The molecule has 2 aromatic carbocycles. The average Bonchev–Trinajstić information content (AvgIpc) is 3.07. The minimum atomic E-state index is -2.29. The summed E-state index contributed by atoms with van der Waals surface area (Å²) in [6.07, 6.45) is 3.29. The van der Waals surface area contributed by atoms with Crippen LogP contribution in [0, 0.1) is 0 Å². The van der Waals surface area contributed by atoms with Gasteiger partial charge in [0.2, 0.25) is 5.75 Å². The molecular formula is C33H52O6Si. The Balaban J connectivity index is 2.57. The Bertz CT molecular complexity index is 1130. The van der Waals surface area contributed by atoms with Crippen LogP contribution >= 0.6 is 0 Å². The van der Waals surface area contributed by atoms with E-state index in [0.717, 1.165) is 65.0 Å². The van der Waals surface area contributed by atoms with Crippen molar-refractivity contribution in [2.75, 3.05) is 35.0 Å². The molecule has 0 radical (unpaired) electrons. The van der Waals surface area contributed by atoms with E-state index in [0.29, 0.717) is 40.5 Å². The highest BCUT2D eigenvalue weighted by Crippen LogP contribution is 2.57. The van der Waals surface area contributed by atoms with Crippen molar-refractivity contribution in [3.8, 4) is 39.9 Å². The van der Waals surface area contributed by atoms with E-state index in [1.807, 2.05) is 0 Å². The van der Waals surface area contributed by atoms with Crippen molar-refractivity contribution >= 4 is 8.32 Å². The Kier molecular flexibility index (Phi) is 10.9. The fourth-order valence-corrected chi connectivity index (χ4v) is 12.3. The smallest absolute Gasteiger partial charge is 0.258 e. The van der Waals surface area contributed by atoms with Crippen LogP contribution in [0.5, 0.6) is 28.7 Å². The molecule has 0 saturated carbocycles. The number of hydrogen-bond acceptors (Lipinski definition) is 6. The molecule has 3 rings (SSSR count). The predicted octanol–water partition coefficient (Wildman–Crippen LogP) is 8.92. The maximum Gasteiger partial charge on any atom is 0.258 e. The first kappa shape index (κ1) is 32.1. The summed E-state index contributed by atoms with van der Waals surface area (Å²) < 4.78 is 38.0. The Morgan fingerprint density at radius 1 is 0.750 bits per heavy atom. The summed E-state index contributed by atoms with van der Waals surface area (Å²) in [7, 11) is 4.48. The number of benzene rings is 2. The highest BCUT2D eigenvalue weighted by atomic mass is 28.4. The SMILES string of the molecule is CCCc1cc(O[Si](C(C)C)(C(C)C)C(C)C)c2c(c1OC)-c1c(cc(OC)c(OC)c1OC)CCC2OCC. The van der Waals surface area contributed by atoms with E-state index in [1.165, 1.54) is 0 Å². The summed E-state index contributed by atoms with van der Waals surface area (Å²) in [5.41, 5.74) is 6.58. The molecule has 0 bridgehead atoms. The molecule has 0 heterocycles. The summed E-state index contributed by atoms with van der Waals surface area (Å²) in [6, 6.07) is 4.33. The number of ether oxygens (including phenoxy) is 5. The van der Waals surface area contributed by atoms with Gasteiger partial charge in [0.25, 0.3) is 8.32 Å². The van der Waals surface area contributed by atoms with E-state index >= 15 is 0 Å². The molecule has 0 amide bonds. The minimum Gasteiger partial charge on any atom is -0.542 e. The van der Waals surface area contributed by atoms with Crippen LogP contribution in [0.1, 0.15) is 91.0 Å². The molecule has 7 heteroatoms. The third kappa shape index (κ3) is 5.56. The van der Waals surface area contributed by atoms with Gasteiger partial charge in [-0.05, 0) is 66.1 Å². The topological polar surface area (TPSA) is 55.4 Å². The Labute approximate surface area is 243 Å². The summed E-state index contributed by atoms with van der Waals surface area (Å²) in [5.74, 6) is 3.66. The van der Waals surface area contributed by atoms with Crippen LogP contribution in [0.15, 0.2) is 12.1 Å². The lowest BCUT2D eigenvalue weighted by Gasteiger charge is -2.43. The molecule has 0 N–H and O–H groups in total. The molecule has 6 nitrogen and oxygen atoms in total. The van der Waals surface area contributed by atoms with Gasteiger partial charge in [-0.3, -0.25) is 0 Å². The third-order valence-corrected chi connectivity index (χ3v) is 14.6. The Morgan fingerprint density at radius 3 is 1.82 bits per heavy atom. The van der Waals surface area contributed by atoms with Gasteiger partial charge in [-0.1, -0.05) is 54.9 Å². The number of hydrogen-bond donors (Lipinski definition) is 0. The second-order valence-corrected chi connectivity index (χ2v) is 17.1. The third-order valence-electron chi connectivity index (χ3n) is 8.60. The highest BCUT2D eigenvalue weighted by molar-refractivity contribution is 6.78. The van der Waals surface area contributed by atoms with Gasteiger partial charge in [0.05, 0.1) is 34.5 Å². The molecule has 0 fully saturated rings. The van der Waals surface area contributed by atoms with E-state index in [1.54, 1.807) is 28.4 Å². The van der Waals surface area contributed by atoms with Crippen LogP contribution in [-0.2, 0) is 17.6 Å². The number of methoxy groups -OCH3 is 4. The maximum atomic E-state index is 7.50. The number of aryl methyl sites for hydroxylation is 2. The Hall–Kier alpha value is -2.38. The van der Waals surface area contributed by atoms with Crippen molar-refractivity contribution in [3.05, 3.63) is 28.8 Å². The fraction of sp³-hybridized carbons (Fsp3) is 0.636. The van der Waals surface area contributed by atoms with Crippen molar-refractivity contribution in [2.24, 2.45) is 0 Å². The van der Waals surface area contributed by atoms with Crippen LogP contribution in [0.3, 0.4) is 0 Å². The molecule has 1 unspecified atom stereocenters. The molecule has 40 heavy (non-hydrogen) atoms. The van der Waals surface area contributed by atoms with E-state index in [4.69, 9.17) is 28.1 Å². The molecule has 0 saturated heterocycles. The molecule has 2 aromatic rings. The molecular weight excluding hydrogens is 520 g/mol. The van der Waals surface area contributed by atoms with E-state index in [9.17, 15) is 0 Å². The maximum absolute atomic E-state index is 7.50. The molecule has 224 valence electrons. The first-order chi connectivity index (χ1) is 19.1. The second-order valence-electron chi connectivity index (χ2n) is 11.7. The average molecular weight is 573 g/mol. The summed E-state index contributed by atoms with van der Waals surface area (Å²) >= 11 is 0. The van der Waals surface area contributed by atoms with Gasteiger partial charge in [-0.25, -0.2) is 0 Å². The quantitative estimate of drug-likeness (QED) is 0.223. The number of fused-ring (bicyclic) bond motifs is 3. The summed E-state index contributed by atoms with van der Waals surface area (Å²) in [5, 5.41) is 0. The molecule has 1 aliphatic carbocycles. The first-order valence-electron chi connectivity index (χ1n) is 14.9. The standard InChI is InChI=1S/C33H52O6Si/c1-13-15-24-19-26(39-40(20(3)4,21(5)6)22(7)8)29-25(38-14-2)17-16-23-18-27(34-9)32(36-11)33(37-12)28(23)30(29)31(24)35-10/h18-22,25H,13-17H2,1-12H3. The molecule has 1 atom stereocenters. The highest BCUT2D eigenvalue weighted by Gasteiger charge is 2.48. The molecule has 0 aliphatic heterocycles. The van der Waals surface area contributed by atoms with E-state index < -0.39 is 8.32 Å². The minimum absolute atomic E-state index is 0.160. The molecule has 0 spiro atoms. The monoisotopic (exact) mass is 572 g/mol. The van der Waals surface area contributed by atoms with Gasteiger partial charge in [0.15, 0.2) is 11.5 Å². The first-order valence-corrected chi connectivity index (χ1v) is 17.1. The predicted molar refractivity (Wildman–Crippen MR) is 166 cm³/mol. The van der Waals surface area contributed by atoms with Crippen molar-refractivity contribution in [2.45, 2.75) is 104 Å². The van der Waals surface area contributed by atoms with Gasteiger partial charge in [0.1, 0.15) is 11.5 Å². The van der Waals surface area contributed by atoms with Crippen molar-refractivity contribution in [3.63, 3.8) is 0 Å². The van der Waals surface area contributed by atoms with Crippen LogP contribution in [-0.4, -0.2) is 43.4 Å². The van der Waals surface area contributed by atoms with Gasteiger partial charge < -0.3 is 28.1 Å². The van der Waals surface area contributed by atoms with Crippen LogP contribution in [0.25, 0.3) is 11.1 Å². The fourth-order valence-electron chi connectivity index (χ4n) is 7.07. The van der Waals surface area contributed by atoms with E-state index in [-0.39, 0.29) is 6.10 Å². The van der Waals surface area contributed by atoms with Gasteiger partial charge >= 0.3 is 0 Å². The molecule has 1 aliphatic rings. The van der Waals surface area contributed by atoms with Crippen LogP contribution in [0.2, 0.25) is 16.6 Å². The second kappa shape index (κ2) is 13.5. The van der Waals surface area contributed by atoms with Crippen LogP contribution in [0.4, 0.5) is 0 Å². The lowest BCUT2D eigenvalue weighted by molar-refractivity contribution is 0.0560. The number of rotatable bonds is 13. The van der Waals surface area contributed by atoms with Crippen molar-refractivity contribution < 1.29 is 28.1 Å². The zero-order chi connectivity index (χ0) is 29.8. The summed E-state index contributed by atoms with van der Waals surface area (Å²) in [4.78, 5) is 0. The largest absolute Gasteiger partial charge is 0.542 e. The lowest BCUT2D eigenvalue weighted by atomic mass is 9.89. The zero-order valence-electron chi connectivity index (χ0n) is 26.9. The van der Waals surface area contributed by atoms with Crippen molar-refractivity contribution in [1.29, 1.82) is 0 Å². The van der Waals surface area contributed by atoms with Crippen molar-refractivity contribution in [1.82, 2.24) is 0 Å². The normalized spacial score (nSPS) is 15.1. The van der Waals surface area contributed by atoms with Gasteiger partial charge in [-0.15, -0.1) is 0 Å². The Morgan fingerprint density at radius 2 is 1.35 bits per heavy atom. The van der Waals surface area contributed by atoms with E-state index in [2.05, 4.69) is 67.5 Å². The molecule has 0 aromatic heterocycles. The van der Waals surface area contributed by atoms with Crippen LogP contribution < -0.4 is 23.4 Å². The van der Waals surface area contributed by atoms with Gasteiger partial charge in [0, 0.05) is 23.3 Å².